The van der Waals surface area contributed by atoms with Crippen molar-refractivity contribution in [3.05, 3.63) is 0 Å². The molecular weight excluding hydrogens is 264 g/mol. The fourth-order valence-corrected chi connectivity index (χ4v) is 4.30. The van der Waals surface area contributed by atoms with Gasteiger partial charge in [-0.05, 0) is 25.7 Å². The highest BCUT2D eigenvalue weighted by molar-refractivity contribution is 7.89. The first-order chi connectivity index (χ1) is 7.60. The molecule has 0 amide bonds. The van der Waals surface area contributed by atoms with E-state index in [0.29, 0.717) is 32.7 Å². The van der Waals surface area contributed by atoms with Crippen LogP contribution in [0.15, 0.2) is 0 Å². The number of hydrogen-bond donors (Lipinski definition) is 1. The minimum absolute atomic E-state index is 0. The molecule has 0 radical (unpaired) electrons. The summed E-state index contributed by atoms with van der Waals surface area (Å²) in [5.74, 6) is 0. The van der Waals surface area contributed by atoms with Gasteiger partial charge in [0.15, 0.2) is 0 Å². The molecule has 2 rings (SSSR count). The Morgan fingerprint density at radius 3 is 2.59 bits per heavy atom. The van der Waals surface area contributed by atoms with E-state index in [0.717, 1.165) is 19.3 Å². The van der Waals surface area contributed by atoms with Crippen molar-refractivity contribution in [1.82, 2.24) is 4.31 Å². The zero-order valence-electron chi connectivity index (χ0n) is 9.88. The molecule has 0 bridgehead atoms. The van der Waals surface area contributed by atoms with Crippen molar-refractivity contribution in [2.75, 3.05) is 26.3 Å². The van der Waals surface area contributed by atoms with Gasteiger partial charge in [-0.3, -0.25) is 0 Å². The third-order valence-electron chi connectivity index (χ3n) is 3.32. The number of ether oxygens (including phenoxy) is 1. The summed E-state index contributed by atoms with van der Waals surface area (Å²) in [6.07, 6.45) is 3.35. The molecule has 2 heterocycles. The van der Waals surface area contributed by atoms with E-state index in [1.54, 1.807) is 4.31 Å². The summed E-state index contributed by atoms with van der Waals surface area (Å²) in [5, 5.41) is -0.355. The Morgan fingerprint density at radius 2 is 2.00 bits per heavy atom. The number of piperidine rings is 1. The van der Waals surface area contributed by atoms with E-state index in [9.17, 15) is 8.42 Å². The molecule has 2 N–H and O–H groups in total. The molecule has 17 heavy (non-hydrogen) atoms. The van der Waals surface area contributed by atoms with Crippen LogP contribution in [0.25, 0.3) is 0 Å². The second-order valence-corrected chi connectivity index (χ2v) is 6.86. The summed E-state index contributed by atoms with van der Waals surface area (Å²) in [6.45, 7) is 2.12. The lowest BCUT2D eigenvalue weighted by molar-refractivity contribution is 0.0970. The zero-order chi connectivity index (χ0) is 11.6. The Balaban J connectivity index is 0.00000144. The van der Waals surface area contributed by atoms with E-state index < -0.39 is 10.0 Å². The molecule has 102 valence electrons. The predicted molar refractivity (Wildman–Crippen MR) is 68.8 cm³/mol. The molecular formula is C10H21ClN2O3S. The highest BCUT2D eigenvalue weighted by atomic mass is 35.5. The van der Waals surface area contributed by atoms with Crippen LogP contribution < -0.4 is 5.73 Å². The molecule has 2 fully saturated rings. The Hall–Kier alpha value is 0.120. The molecule has 1 unspecified atom stereocenters. The molecule has 0 aromatic carbocycles. The minimum atomic E-state index is -3.19. The number of halogens is 1. The summed E-state index contributed by atoms with van der Waals surface area (Å²) < 4.78 is 31.4. The molecule has 2 aliphatic heterocycles. The van der Waals surface area contributed by atoms with E-state index in [1.165, 1.54) is 0 Å². The van der Waals surface area contributed by atoms with Gasteiger partial charge in [0.1, 0.15) is 0 Å². The molecule has 0 spiro atoms. The molecule has 2 saturated heterocycles. The average molecular weight is 285 g/mol. The second kappa shape index (κ2) is 6.33. The zero-order valence-corrected chi connectivity index (χ0v) is 11.5. The lowest BCUT2D eigenvalue weighted by Crippen LogP contribution is -2.50. The number of nitrogens with two attached hydrogens (primary N) is 1. The normalized spacial score (nSPS) is 31.8. The largest absolute Gasteiger partial charge is 0.380 e. The van der Waals surface area contributed by atoms with Crippen LogP contribution in [-0.2, 0) is 14.8 Å². The summed E-state index contributed by atoms with van der Waals surface area (Å²) in [6, 6.07) is -0.00645. The van der Waals surface area contributed by atoms with E-state index in [2.05, 4.69) is 0 Å². The third kappa shape index (κ3) is 3.54. The standard InChI is InChI=1S/C10H20N2O3S.ClH/c11-9-3-1-5-12(7-9)16(13,14)10-4-2-6-15-8-10;/h9-10H,1-8,11H2;1H/t9-,10?;/m1./s1. The van der Waals surface area contributed by atoms with Gasteiger partial charge in [0, 0.05) is 25.7 Å². The van der Waals surface area contributed by atoms with Crippen LogP contribution in [0.3, 0.4) is 0 Å². The number of nitrogens with zero attached hydrogens (tertiary/aromatic N) is 1. The van der Waals surface area contributed by atoms with Crippen molar-refractivity contribution in [2.24, 2.45) is 5.73 Å². The van der Waals surface area contributed by atoms with Crippen molar-refractivity contribution >= 4 is 22.4 Å². The monoisotopic (exact) mass is 284 g/mol. The molecule has 2 atom stereocenters. The first kappa shape index (κ1) is 15.2. The van der Waals surface area contributed by atoms with E-state index in [-0.39, 0.29) is 23.7 Å². The fraction of sp³-hybridized carbons (Fsp3) is 1.00. The predicted octanol–water partition coefficient (Wildman–Crippen LogP) is 0.340. The number of hydrogen-bond acceptors (Lipinski definition) is 4. The van der Waals surface area contributed by atoms with E-state index in [4.69, 9.17) is 10.5 Å². The van der Waals surface area contributed by atoms with Crippen LogP contribution in [0.4, 0.5) is 0 Å². The van der Waals surface area contributed by atoms with Gasteiger partial charge >= 0.3 is 0 Å². The van der Waals surface area contributed by atoms with Crippen LogP contribution in [0, 0.1) is 0 Å². The van der Waals surface area contributed by atoms with Crippen LogP contribution in [0.5, 0.6) is 0 Å². The number of rotatable bonds is 2. The van der Waals surface area contributed by atoms with Crippen molar-refractivity contribution in [3.8, 4) is 0 Å². The summed E-state index contributed by atoms with van der Waals surface area (Å²) in [4.78, 5) is 0. The smallest absolute Gasteiger partial charge is 0.219 e. The van der Waals surface area contributed by atoms with Crippen LogP contribution in [-0.4, -0.2) is 50.3 Å². The Kier molecular flexibility index (Phi) is 5.66. The first-order valence-corrected chi connectivity index (χ1v) is 7.43. The second-order valence-electron chi connectivity index (χ2n) is 4.64. The van der Waals surface area contributed by atoms with Crippen molar-refractivity contribution in [2.45, 2.75) is 37.0 Å². The van der Waals surface area contributed by atoms with Crippen LogP contribution in [0.2, 0.25) is 0 Å². The minimum Gasteiger partial charge on any atom is -0.380 e. The Morgan fingerprint density at radius 1 is 1.24 bits per heavy atom. The van der Waals surface area contributed by atoms with Crippen LogP contribution >= 0.6 is 12.4 Å². The maximum Gasteiger partial charge on any atom is 0.219 e. The SMILES string of the molecule is Cl.N[C@@H]1CCCN(S(=O)(=O)C2CCCOC2)C1. The first-order valence-electron chi connectivity index (χ1n) is 5.93. The quantitative estimate of drug-likeness (QED) is 0.794. The van der Waals surface area contributed by atoms with Gasteiger partial charge < -0.3 is 10.5 Å². The summed E-state index contributed by atoms with van der Waals surface area (Å²) in [5.41, 5.74) is 5.81. The maximum atomic E-state index is 12.3. The van der Waals surface area contributed by atoms with Gasteiger partial charge in [-0.25, -0.2) is 12.7 Å². The molecule has 0 saturated carbocycles. The van der Waals surface area contributed by atoms with Gasteiger partial charge in [0.2, 0.25) is 10.0 Å². The Bertz CT molecular complexity index is 330. The van der Waals surface area contributed by atoms with Gasteiger partial charge in [-0.2, -0.15) is 0 Å². The average Bonchev–Trinajstić information content (AvgIpc) is 2.30. The lowest BCUT2D eigenvalue weighted by Gasteiger charge is -2.34. The third-order valence-corrected chi connectivity index (χ3v) is 5.59. The summed E-state index contributed by atoms with van der Waals surface area (Å²) >= 11 is 0. The fourth-order valence-electron chi connectivity index (χ4n) is 2.36. The van der Waals surface area contributed by atoms with Gasteiger partial charge in [-0.1, -0.05) is 0 Å². The maximum absolute atomic E-state index is 12.3. The molecule has 2 aliphatic rings. The van der Waals surface area contributed by atoms with E-state index in [1.807, 2.05) is 0 Å². The molecule has 5 nitrogen and oxygen atoms in total. The summed E-state index contributed by atoms with van der Waals surface area (Å²) in [7, 11) is -3.19. The van der Waals surface area contributed by atoms with Crippen molar-refractivity contribution < 1.29 is 13.2 Å². The highest BCUT2D eigenvalue weighted by Crippen LogP contribution is 2.21. The molecule has 7 heteroatoms. The van der Waals surface area contributed by atoms with E-state index >= 15 is 0 Å². The highest BCUT2D eigenvalue weighted by Gasteiger charge is 2.35. The topological polar surface area (TPSA) is 72.6 Å². The Labute approximate surface area is 109 Å². The van der Waals surface area contributed by atoms with Gasteiger partial charge in [0.25, 0.3) is 0 Å². The van der Waals surface area contributed by atoms with Gasteiger partial charge in [0.05, 0.1) is 11.9 Å². The van der Waals surface area contributed by atoms with Crippen LogP contribution in [0.1, 0.15) is 25.7 Å². The van der Waals surface area contributed by atoms with Crippen molar-refractivity contribution in [1.29, 1.82) is 0 Å². The molecule has 0 aromatic rings. The van der Waals surface area contributed by atoms with Crippen molar-refractivity contribution in [3.63, 3.8) is 0 Å². The molecule has 0 aromatic heterocycles. The number of sulfonamides is 1. The van der Waals surface area contributed by atoms with Gasteiger partial charge in [-0.15, -0.1) is 12.4 Å². The molecule has 0 aliphatic carbocycles. The lowest BCUT2D eigenvalue weighted by atomic mass is 10.1.